The normalized spacial score (nSPS) is 20.1. The molecule has 108 valence electrons. The van der Waals surface area contributed by atoms with Crippen LogP contribution in [0, 0.1) is 0 Å². The first-order valence-corrected chi connectivity index (χ1v) is 8.26. The van der Waals surface area contributed by atoms with Gasteiger partial charge in [-0.15, -0.1) is 11.3 Å². The van der Waals surface area contributed by atoms with Crippen LogP contribution in [0.3, 0.4) is 0 Å². The molecule has 0 amide bonds. The maximum Gasteiger partial charge on any atom is 0.155 e. The van der Waals surface area contributed by atoms with Gasteiger partial charge in [-0.05, 0) is 25.5 Å². The summed E-state index contributed by atoms with van der Waals surface area (Å²) in [6.07, 6.45) is 7.49. The Morgan fingerprint density at radius 2 is 2.29 bits per heavy atom. The van der Waals surface area contributed by atoms with E-state index in [4.69, 9.17) is 4.98 Å². The fourth-order valence-corrected chi connectivity index (χ4v) is 3.60. The van der Waals surface area contributed by atoms with E-state index in [0.29, 0.717) is 6.04 Å². The minimum atomic E-state index is 0.389. The Kier molecular flexibility index (Phi) is 3.40. The van der Waals surface area contributed by atoms with E-state index in [0.717, 1.165) is 30.1 Å². The van der Waals surface area contributed by atoms with Gasteiger partial charge in [0, 0.05) is 24.2 Å². The lowest BCUT2D eigenvalue weighted by atomic mass is 9.99. The lowest BCUT2D eigenvalue weighted by molar-refractivity contribution is 0.136. The Bertz CT molecular complexity index is 721. The maximum atomic E-state index is 4.78. The van der Waals surface area contributed by atoms with Crippen molar-refractivity contribution in [3.05, 3.63) is 46.8 Å². The van der Waals surface area contributed by atoms with Crippen molar-refractivity contribution in [2.45, 2.75) is 31.8 Å². The van der Waals surface area contributed by atoms with Crippen LogP contribution >= 0.6 is 11.3 Å². The first-order chi connectivity index (χ1) is 10.4. The van der Waals surface area contributed by atoms with E-state index in [2.05, 4.69) is 26.4 Å². The van der Waals surface area contributed by atoms with Gasteiger partial charge >= 0.3 is 0 Å². The molecule has 0 aliphatic carbocycles. The van der Waals surface area contributed by atoms with Crippen molar-refractivity contribution in [3.8, 4) is 0 Å². The van der Waals surface area contributed by atoms with Crippen molar-refractivity contribution in [1.29, 1.82) is 0 Å². The lowest BCUT2D eigenvalue weighted by Gasteiger charge is -2.34. The van der Waals surface area contributed by atoms with E-state index in [1.165, 1.54) is 19.3 Å². The van der Waals surface area contributed by atoms with Gasteiger partial charge in [0.05, 0.1) is 29.1 Å². The molecule has 3 aromatic heterocycles. The van der Waals surface area contributed by atoms with E-state index in [1.54, 1.807) is 17.5 Å². The maximum absolute atomic E-state index is 4.78. The Morgan fingerprint density at radius 3 is 3.19 bits per heavy atom. The highest BCUT2D eigenvalue weighted by atomic mass is 32.1. The van der Waals surface area contributed by atoms with E-state index in [1.807, 2.05) is 22.3 Å². The molecular weight excluding hydrogens is 282 g/mol. The lowest BCUT2D eigenvalue weighted by Crippen LogP contribution is -2.33. The SMILES string of the molecule is c1cc2nc(C3CCCCN3Cc3cscn3)ccn2n1. The molecule has 0 bridgehead atoms. The summed E-state index contributed by atoms with van der Waals surface area (Å²) in [7, 11) is 0. The van der Waals surface area contributed by atoms with Crippen LogP contribution < -0.4 is 0 Å². The number of thiazole rings is 1. The van der Waals surface area contributed by atoms with Crippen molar-refractivity contribution in [3.63, 3.8) is 0 Å². The molecule has 1 fully saturated rings. The van der Waals surface area contributed by atoms with Crippen LogP contribution in [0.1, 0.15) is 36.7 Å². The fraction of sp³-hybridized carbons (Fsp3) is 0.400. The molecule has 4 heterocycles. The quantitative estimate of drug-likeness (QED) is 0.746. The highest BCUT2D eigenvalue weighted by Gasteiger charge is 2.25. The predicted molar refractivity (Wildman–Crippen MR) is 82.1 cm³/mol. The van der Waals surface area contributed by atoms with Gasteiger partial charge in [0.1, 0.15) is 0 Å². The number of hydrogen-bond donors (Lipinski definition) is 0. The Labute approximate surface area is 127 Å². The van der Waals surface area contributed by atoms with E-state index in [9.17, 15) is 0 Å². The van der Waals surface area contributed by atoms with Crippen molar-refractivity contribution in [2.75, 3.05) is 6.54 Å². The number of piperidine rings is 1. The van der Waals surface area contributed by atoms with Crippen molar-refractivity contribution >= 4 is 17.0 Å². The van der Waals surface area contributed by atoms with Crippen LogP contribution in [-0.4, -0.2) is 31.0 Å². The van der Waals surface area contributed by atoms with Gasteiger partial charge in [-0.25, -0.2) is 14.5 Å². The molecular formula is C15H17N5S. The monoisotopic (exact) mass is 299 g/mol. The molecule has 1 aliphatic rings. The third-order valence-electron chi connectivity index (χ3n) is 4.08. The summed E-state index contributed by atoms with van der Waals surface area (Å²) >= 11 is 1.66. The first kappa shape index (κ1) is 12.9. The van der Waals surface area contributed by atoms with Crippen LogP contribution in [0.5, 0.6) is 0 Å². The number of likely N-dealkylation sites (tertiary alicyclic amines) is 1. The summed E-state index contributed by atoms with van der Waals surface area (Å²) in [5, 5.41) is 6.35. The third-order valence-corrected chi connectivity index (χ3v) is 4.72. The minimum absolute atomic E-state index is 0.389. The predicted octanol–water partition coefficient (Wildman–Crippen LogP) is 2.91. The molecule has 0 N–H and O–H groups in total. The van der Waals surface area contributed by atoms with Crippen LogP contribution in [0.2, 0.25) is 0 Å². The standard InChI is InChI=1S/C15H17N5S/c1-2-7-19(9-12-10-21-11-16-12)14(3-1)13-5-8-20-15(18-13)4-6-17-20/h4-6,8,10-11,14H,1-3,7,9H2. The minimum Gasteiger partial charge on any atom is -0.289 e. The molecule has 4 rings (SSSR count). The van der Waals surface area contributed by atoms with E-state index < -0.39 is 0 Å². The van der Waals surface area contributed by atoms with Gasteiger partial charge in [-0.2, -0.15) is 5.10 Å². The second-order valence-corrected chi connectivity index (χ2v) is 6.17. The van der Waals surface area contributed by atoms with Gasteiger partial charge in [0.2, 0.25) is 0 Å². The number of rotatable bonds is 3. The Morgan fingerprint density at radius 1 is 1.29 bits per heavy atom. The third kappa shape index (κ3) is 2.56. The molecule has 6 heteroatoms. The van der Waals surface area contributed by atoms with Gasteiger partial charge in [-0.3, -0.25) is 4.90 Å². The van der Waals surface area contributed by atoms with E-state index in [-0.39, 0.29) is 0 Å². The van der Waals surface area contributed by atoms with Gasteiger partial charge < -0.3 is 0 Å². The number of nitrogens with zero attached hydrogens (tertiary/aromatic N) is 5. The molecule has 0 aromatic carbocycles. The number of hydrogen-bond acceptors (Lipinski definition) is 5. The summed E-state index contributed by atoms with van der Waals surface area (Å²) in [6, 6.07) is 4.45. The van der Waals surface area contributed by atoms with Crippen molar-refractivity contribution in [2.24, 2.45) is 0 Å². The highest BCUT2D eigenvalue weighted by Crippen LogP contribution is 2.31. The summed E-state index contributed by atoms with van der Waals surface area (Å²) in [4.78, 5) is 11.7. The van der Waals surface area contributed by atoms with Crippen molar-refractivity contribution in [1.82, 2.24) is 24.5 Å². The number of fused-ring (bicyclic) bond motifs is 1. The average Bonchev–Trinajstić information content (AvgIpc) is 3.18. The first-order valence-electron chi connectivity index (χ1n) is 7.31. The second-order valence-electron chi connectivity index (χ2n) is 5.45. The number of aromatic nitrogens is 4. The van der Waals surface area contributed by atoms with Gasteiger partial charge in [0.15, 0.2) is 5.65 Å². The van der Waals surface area contributed by atoms with Crippen LogP contribution in [0.15, 0.2) is 35.4 Å². The second kappa shape index (κ2) is 5.54. The topological polar surface area (TPSA) is 46.3 Å². The molecule has 21 heavy (non-hydrogen) atoms. The molecule has 1 unspecified atom stereocenters. The average molecular weight is 299 g/mol. The van der Waals surface area contributed by atoms with Crippen LogP contribution in [0.4, 0.5) is 0 Å². The molecule has 0 spiro atoms. The highest BCUT2D eigenvalue weighted by molar-refractivity contribution is 7.07. The van der Waals surface area contributed by atoms with Gasteiger partial charge in [-0.1, -0.05) is 6.42 Å². The zero-order valence-electron chi connectivity index (χ0n) is 11.7. The molecule has 5 nitrogen and oxygen atoms in total. The van der Waals surface area contributed by atoms with Crippen LogP contribution in [-0.2, 0) is 6.54 Å². The summed E-state index contributed by atoms with van der Waals surface area (Å²) in [5.41, 5.74) is 5.15. The molecule has 1 saturated heterocycles. The summed E-state index contributed by atoms with van der Waals surface area (Å²) < 4.78 is 1.82. The Hall–Kier alpha value is -1.79. The smallest absolute Gasteiger partial charge is 0.155 e. The van der Waals surface area contributed by atoms with Crippen molar-refractivity contribution < 1.29 is 0 Å². The molecule has 1 atom stereocenters. The zero-order valence-corrected chi connectivity index (χ0v) is 12.5. The zero-order chi connectivity index (χ0) is 14.1. The summed E-state index contributed by atoms with van der Waals surface area (Å²) in [6.45, 7) is 2.04. The molecule has 0 radical (unpaired) electrons. The fourth-order valence-electron chi connectivity index (χ4n) is 3.05. The van der Waals surface area contributed by atoms with Gasteiger partial charge in [0.25, 0.3) is 0 Å². The molecule has 0 saturated carbocycles. The molecule has 1 aliphatic heterocycles. The largest absolute Gasteiger partial charge is 0.289 e. The van der Waals surface area contributed by atoms with Crippen LogP contribution in [0.25, 0.3) is 5.65 Å². The molecule has 3 aromatic rings. The Balaban J connectivity index is 1.63. The summed E-state index contributed by atoms with van der Waals surface area (Å²) in [5.74, 6) is 0. The van der Waals surface area contributed by atoms with E-state index >= 15 is 0 Å².